The Morgan fingerprint density at radius 1 is 1.12 bits per heavy atom. The highest BCUT2D eigenvalue weighted by Crippen LogP contribution is 2.05. The molecule has 0 unspecified atom stereocenters. The molecule has 1 aromatic rings. The second kappa shape index (κ2) is 9.74. The van der Waals surface area contributed by atoms with Gasteiger partial charge >= 0.3 is 11.9 Å². The summed E-state index contributed by atoms with van der Waals surface area (Å²) in [6.45, 7) is 0. The van der Waals surface area contributed by atoms with Crippen LogP contribution in [0.1, 0.15) is 24.8 Å². The highest BCUT2D eigenvalue weighted by molar-refractivity contribution is 7.80. The van der Waals surface area contributed by atoms with Crippen LogP contribution in [0.4, 0.5) is 0 Å². The average molecular weight is 352 g/mol. The van der Waals surface area contributed by atoms with Crippen LogP contribution in [0.5, 0.6) is 0 Å². The number of Topliss-reactive ketones (excluding diaryl/α,β-unsaturated/α-hetero) is 1. The van der Waals surface area contributed by atoms with Gasteiger partial charge in [-0.15, -0.1) is 0 Å². The van der Waals surface area contributed by atoms with Crippen LogP contribution in [0, 0.1) is 0 Å². The fourth-order valence-corrected chi connectivity index (χ4v) is 2.28. The number of carbonyl (C=O) groups is 3. The first-order chi connectivity index (χ1) is 11.3. The van der Waals surface area contributed by atoms with Crippen LogP contribution in [0.15, 0.2) is 30.3 Å². The number of hydrogen-bond donors (Lipinski definition) is 4. The van der Waals surface area contributed by atoms with Gasteiger partial charge in [0.25, 0.3) is 0 Å². The molecule has 0 saturated carbocycles. The van der Waals surface area contributed by atoms with Crippen molar-refractivity contribution in [2.75, 3.05) is 0 Å². The zero-order valence-electron chi connectivity index (χ0n) is 13.0. The topological polar surface area (TPSA) is 130 Å². The molecule has 0 fully saturated rings. The van der Waals surface area contributed by atoms with E-state index in [1.165, 1.54) is 0 Å². The lowest BCUT2D eigenvalue weighted by atomic mass is 10.0. The van der Waals surface area contributed by atoms with E-state index in [1.54, 1.807) is 0 Å². The number of aliphatic carboxylic acids is 2. The van der Waals surface area contributed by atoms with Crippen LogP contribution in [-0.2, 0) is 20.8 Å². The average Bonchev–Trinajstić information content (AvgIpc) is 2.52. The molecule has 0 radical (unpaired) electrons. The molecule has 24 heavy (non-hydrogen) atoms. The fourth-order valence-electron chi connectivity index (χ4n) is 2.04. The molecule has 8 heteroatoms. The van der Waals surface area contributed by atoms with Gasteiger partial charge in [0, 0.05) is 19.3 Å². The van der Waals surface area contributed by atoms with E-state index in [4.69, 9.17) is 23.1 Å². The van der Waals surface area contributed by atoms with Gasteiger partial charge < -0.3 is 21.3 Å². The lowest BCUT2D eigenvalue weighted by Crippen LogP contribution is -2.42. The summed E-state index contributed by atoms with van der Waals surface area (Å²) < 4.78 is 0. The molecule has 0 amide bonds. The third-order valence-corrected chi connectivity index (χ3v) is 3.64. The van der Waals surface area contributed by atoms with Gasteiger partial charge in [0.1, 0.15) is 6.04 Å². The van der Waals surface area contributed by atoms with E-state index in [0.29, 0.717) is 0 Å². The normalized spacial score (nSPS) is 12.9. The molecule has 1 rings (SSSR count). The zero-order chi connectivity index (χ0) is 18.1. The highest BCUT2D eigenvalue weighted by atomic mass is 32.1. The van der Waals surface area contributed by atoms with Crippen LogP contribution in [0.3, 0.4) is 0 Å². The van der Waals surface area contributed by atoms with Gasteiger partial charge in [-0.2, -0.15) is 0 Å². The third kappa shape index (κ3) is 7.30. The molecule has 130 valence electrons. The van der Waals surface area contributed by atoms with Crippen molar-refractivity contribution in [1.82, 2.24) is 5.32 Å². The van der Waals surface area contributed by atoms with Crippen molar-refractivity contribution >= 4 is 34.9 Å². The lowest BCUT2D eigenvalue weighted by Gasteiger charge is -2.17. The Labute approximate surface area is 144 Å². The van der Waals surface area contributed by atoms with E-state index >= 15 is 0 Å². The van der Waals surface area contributed by atoms with Crippen LogP contribution < -0.4 is 11.1 Å². The summed E-state index contributed by atoms with van der Waals surface area (Å²) in [5.41, 5.74) is 6.31. The minimum atomic E-state index is -1.15. The maximum Gasteiger partial charge on any atom is 0.326 e. The van der Waals surface area contributed by atoms with Crippen molar-refractivity contribution in [3.63, 3.8) is 0 Å². The molecular weight excluding hydrogens is 332 g/mol. The zero-order valence-corrected chi connectivity index (χ0v) is 13.8. The lowest BCUT2D eigenvalue weighted by molar-refractivity contribution is -0.139. The highest BCUT2D eigenvalue weighted by Gasteiger charge is 2.21. The van der Waals surface area contributed by atoms with Crippen LogP contribution >= 0.6 is 12.2 Å². The van der Waals surface area contributed by atoms with E-state index in [9.17, 15) is 19.5 Å². The van der Waals surface area contributed by atoms with Crippen LogP contribution in [0.2, 0.25) is 0 Å². The van der Waals surface area contributed by atoms with Crippen molar-refractivity contribution in [1.29, 1.82) is 0 Å². The second-order valence-electron chi connectivity index (χ2n) is 5.32. The van der Waals surface area contributed by atoms with E-state index in [-0.39, 0.29) is 24.3 Å². The summed E-state index contributed by atoms with van der Waals surface area (Å²) in [4.78, 5) is 33.8. The number of carboxylic acid groups (broad SMARTS) is 2. The molecule has 0 saturated heterocycles. The van der Waals surface area contributed by atoms with Gasteiger partial charge in [-0.1, -0.05) is 42.5 Å². The summed E-state index contributed by atoms with van der Waals surface area (Å²) in [6.07, 6.45) is -0.0917. The molecule has 0 aliphatic carbocycles. The largest absolute Gasteiger partial charge is 0.481 e. The maximum atomic E-state index is 11.7. The second-order valence-corrected chi connectivity index (χ2v) is 5.81. The number of benzene rings is 1. The molecule has 0 aromatic heterocycles. The van der Waals surface area contributed by atoms with E-state index in [0.717, 1.165) is 5.56 Å². The Hall–Kier alpha value is -2.32. The molecule has 1 aromatic carbocycles. The Morgan fingerprint density at radius 2 is 1.75 bits per heavy atom. The molecule has 0 aliphatic heterocycles. The summed E-state index contributed by atoms with van der Waals surface area (Å²) in [6, 6.07) is 7.12. The molecule has 7 nitrogen and oxygen atoms in total. The number of thiocarbonyl (C=S) groups is 1. The van der Waals surface area contributed by atoms with Gasteiger partial charge in [-0.05, 0) is 5.56 Å². The van der Waals surface area contributed by atoms with Gasteiger partial charge in [0.2, 0.25) is 0 Å². The van der Waals surface area contributed by atoms with Gasteiger partial charge in [0.15, 0.2) is 5.78 Å². The van der Waals surface area contributed by atoms with E-state index < -0.39 is 36.2 Å². The first kappa shape index (κ1) is 19.7. The predicted molar refractivity (Wildman–Crippen MR) is 91.8 cm³/mol. The number of carboxylic acids is 2. The molecule has 0 spiro atoms. The summed E-state index contributed by atoms with van der Waals surface area (Å²) >= 11 is 5.07. The number of nitrogens with one attached hydrogen (secondary N) is 1. The third-order valence-electron chi connectivity index (χ3n) is 3.32. The van der Waals surface area contributed by atoms with E-state index in [1.807, 2.05) is 30.3 Å². The van der Waals surface area contributed by atoms with Crippen molar-refractivity contribution in [2.45, 2.75) is 37.8 Å². The molecular formula is C16H20N2O5S. The quantitative estimate of drug-likeness (QED) is 0.454. The van der Waals surface area contributed by atoms with Gasteiger partial charge in [-0.3, -0.25) is 9.59 Å². The maximum absolute atomic E-state index is 11.7. The summed E-state index contributed by atoms with van der Waals surface area (Å²) in [5.74, 6) is -2.61. The number of carbonyl (C=O) groups excluding carboxylic acids is 1. The Morgan fingerprint density at radius 3 is 2.29 bits per heavy atom. The SMILES string of the molecule is N[C@@H](CC(=O)O)C(=O)CCC(=S)N[C@@H](Cc1ccccc1)C(=O)O. The van der Waals surface area contributed by atoms with Crippen molar-refractivity contribution in [2.24, 2.45) is 5.73 Å². The minimum absolute atomic E-state index is 0.0298. The molecule has 5 N–H and O–H groups in total. The van der Waals surface area contributed by atoms with Crippen molar-refractivity contribution in [3.8, 4) is 0 Å². The van der Waals surface area contributed by atoms with Crippen LogP contribution in [-0.4, -0.2) is 45.0 Å². The molecule has 0 bridgehead atoms. The Bertz CT molecular complexity index is 606. The van der Waals surface area contributed by atoms with Gasteiger partial charge in [-0.25, -0.2) is 4.79 Å². The van der Waals surface area contributed by atoms with E-state index in [2.05, 4.69) is 5.32 Å². The summed E-state index contributed by atoms with van der Waals surface area (Å²) in [5, 5.41) is 20.6. The molecule has 0 heterocycles. The minimum Gasteiger partial charge on any atom is -0.481 e. The smallest absolute Gasteiger partial charge is 0.326 e. The Kier molecular flexibility index (Phi) is 8.00. The molecule has 0 aliphatic rings. The van der Waals surface area contributed by atoms with Gasteiger partial charge in [0.05, 0.1) is 17.5 Å². The predicted octanol–water partition coefficient (Wildman–Crippen LogP) is 0.751. The fraction of sp³-hybridized carbons (Fsp3) is 0.375. The Balaban J connectivity index is 2.50. The first-order valence-electron chi connectivity index (χ1n) is 7.35. The van der Waals surface area contributed by atoms with Crippen LogP contribution in [0.25, 0.3) is 0 Å². The molecule has 2 atom stereocenters. The van der Waals surface area contributed by atoms with Crippen molar-refractivity contribution < 1.29 is 24.6 Å². The number of nitrogens with two attached hydrogens (primary N) is 1. The van der Waals surface area contributed by atoms with Crippen molar-refractivity contribution in [3.05, 3.63) is 35.9 Å². The first-order valence-corrected chi connectivity index (χ1v) is 7.76. The monoisotopic (exact) mass is 352 g/mol. The number of hydrogen-bond acceptors (Lipinski definition) is 5. The standard InChI is InChI=1S/C16H20N2O5S/c17-11(9-15(20)21)13(19)6-7-14(24)18-12(16(22)23)8-10-4-2-1-3-5-10/h1-5,11-12H,6-9,17H2,(H,18,24)(H,20,21)(H,22,23)/t11-,12-/m0/s1. The summed E-state index contributed by atoms with van der Waals surface area (Å²) in [7, 11) is 0. The number of rotatable bonds is 10. The number of ketones is 1.